The van der Waals surface area contributed by atoms with Crippen LogP contribution in [0.25, 0.3) is 16.6 Å². The average Bonchev–Trinajstić information content (AvgIpc) is 3.49. The van der Waals surface area contributed by atoms with E-state index in [9.17, 15) is 0 Å². The molecule has 172 valence electrons. The first-order valence-electron chi connectivity index (χ1n) is 11.3. The number of fused-ring (bicyclic) bond motifs is 1. The normalized spacial score (nSPS) is 15.8. The number of hydrogen-bond acceptors (Lipinski definition) is 4. The van der Waals surface area contributed by atoms with Gasteiger partial charge in [0.15, 0.2) is 0 Å². The Labute approximate surface area is 191 Å². The second-order valence-corrected chi connectivity index (χ2v) is 8.79. The van der Waals surface area contributed by atoms with E-state index in [0.29, 0.717) is 31.2 Å². The maximum absolute atomic E-state index is 15.0. The minimum absolute atomic E-state index is 0.225. The smallest absolute Gasteiger partial charge is 0.264 e. The Morgan fingerprint density at radius 3 is 2.55 bits per heavy atom. The minimum Gasteiger partial charge on any atom is -0.493 e. The number of nitrogens with one attached hydrogen (secondary N) is 1. The van der Waals surface area contributed by atoms with Crippen LogP contribution >= 0.6 is 0 Å². The van der Waals surface area contributed by atoms with E-state index in [1.807, 2.05) is 53.4 Å². The summed E-state index contributed by atoms with van der Waals surface area (Å²) in [6.45, 7) is 1.75. The van der Waals surface area contributed by atoms with E-state index in [4.69, 9.17) is 4.74 Å². The summed E-state index contributed by atoms with van der Waals surface area (Å²) in [5.41, 5.74) is 2.31. The Hall–Kier alpha value is -3.26. The highest BCUT2D eigenvalue weighted by atomic mass is 19.3. The van der Waals surface area contributed by atoms with Crippen LogP contribution < -0.4 is 4.74 Å². The molecule has 1 saturated heterocycles. The van der Waals surface area contributed by atoms with Crippen molar-refractivity contribution in [2.24, 2.45) is 5.92 Å². The van der Waals surface area contributed by atoms with Crippen LogP contribution in [-0.2, 0) is 6.42 Å². The number of halogens is 2. The fourth-order valence-corrected chi connectivity index (χ4v) is 4.51. The monoisotopic (exact) mass is 451 g/mol. The first-order valence-corrected chi connectivity index (χ1v) is 11.3. The van der Waals surface area contributed by atoms with Gasteiger partial charge in [0, 0.05) is 29.2 Å². The van der Waals surface area contributed by atoms with Gasteiger partial charge in [0.1, 0.15) is 18.4 Å². The first kappa shape index (κ1) is 21.6. The lowest BCUT2D eigenvalue weighted by atomic mass is 9.97. The summed E-state index contributed by atoms with van der Waals surface area (Å²) >= 11 is 0. The summed E-state index contributed by atoms with van der Waals surface area (Å²) in [5, 5.41) is 8.44. The third kappa shape index (κ3) is 5.22. The molecule has 0 atom stereocenters. The topological polar surface area (TPSA) is 59.0 Å². The molecule has 2 aromatic carbocycles. The van der Waals surface area contributed by atoms with E-state index >= 15 is 8.78 Å². The van der Waals surface area contributed by atoms with Crippen molar-refractivity contribution in [3.8, 4) is 11.4 Å². The molecule has 0 radical (unpaired) electrons. The Morgan fingerprint density at radius 1 is 1.03 bits per heavy atom. The predicted molar refractivity (Wildman–Crippen MR) is 123 cm³/mol. The van der Waals surface area contributed by atoms with Gasteiger partial charge >= 0.3 is 0 Å². The molecule has 1 fully saturated rings. The number of ether oxygens (including phenoxy) is 1. The molecule has 0 saturated carbocycles. The van der Waals surface area contributed by atoms with Crippen molar-refractivity contribution in [1.82, 2.24) is 24.6 Å². The first-order chi connectivity index (χ1) is 16.1. The number of hydrogen-bond donors (Lipinski definition) is 1. The van der Waals surface area contributed by atoms with Gasteiger partial charge in [-0.15, -0.1) is 10.2 Å². The van der Waals surface area contributed by atoms with Crippen LogP contribution in [-0.4, -0.2) is 56.8 Å². The molecule has 0 unspecified atom stereocenters. The van der Waals surface area contributed by atoms with Crippen molar-refractivity contribution in [2.45, 2.75) is 25.2 Å². The van der Waals surface area contributed by atoms with Crippen LogP contribution in [0.1, 0.15) is 18.4 Å². The highest BCUT2D eigenvalue weighted by molar-refractivity contribution is 5.85. The summed E-state index contributed by atoms with van der Waals surface area (Å²) in [6.07, 6.45) is 6.33. The molecule has 5 rings (SSSR count). The van der Waals surface area contributed by atoms with Gasteiger partial charge in [-0.05, 0) is 67.7 Å². The third-order valence-electron chi connectivity index (χ3n) is 6.31. The maximum atomic E-state index is 15.0. The molecule has 3 heterocycles. The zero-order chi connectivity index (χ0) is 22.7. The summed E-state index contributed by atoms with van der Waals surface area (Å²) in [7, 11) is 0. The SMILES string of the molecule is FC(F)(Cc1c[nH]c2ccc(-n3cnnc3)cc12)CN1CCC(COc2ccccc2)CC1. The zero-order valence-corrected chi connectivity index (χ0v) is 18.3. The van der Waals surface area contributed by atoms with Crippen LogP contribution in [0, 0.1) is 5.92 Å². The number of benzene rings is 2. The van der Waals surface area contributed by atoms with E-state index in [2.05, 4.69) is 15.2 Å². The van der Waals surface area contributed by atoms with Crippen LogP contribution in [0.4, 0.5) is 8.78 Å². The fraction of sp³-hybridized carbons (Fsp3) is 0.360. The van der Waals surface area contributed by atoms with Crippen LogP contribution in [0.15, 0.2) is 67.4 Å². The molecule has 2 aromatic heterocycles. The van der Waals surface area contributed by atoms with E-state index in [0.717, 1.165) is 35.2 Å². The number of rotatable bonds is 8. The number of H-pyrrole nitrogens is 1. The molecule has 1 aliphatic heterocycles. The lowest BCUT2D eigenvalue weighted by Gasteiger charge is -2.34. The number of aromatic nitrogens is 4. The van der Waals surface area contributed by atoms with Gasteiger partial charge in [-0.25, -0.2) is 8.78 Å². The molecule has 0 spiro atoms. The number of nitrogens with zero attached hydrogens (tertiary/aromatic N) is 4. The van der Waals surface area contributed by atoms with E-state index < -0.39 is 5.92 Å². The van der Waals surface area contributed by atoms with Crippen molar-refractivity contribution >= 4 is 10.9 Å². The zero-order valence-electron chi connectivity index (χ0n) is 18.3. The fourth-order valence-electron chi connectivity index (χ4n) is 4.51. The van der Waals surface area contributed by atoms with Gasteiger partial charge in [0.2, 0.25) is 0 Å². The average molecular weight is 452 g/mol. The summed E-state index contributed by atoms with van der Waals surface area (Å²) in [4.78, 5) is 5.00. The van der Waals surface area contributed by atoms with Crippen molar-refractivity contribution < 1.29 is 13.5 Å². The van der Waals surface area contributed by atoms with Crippen LogP contribution in [0.2, 0.25) is 0 Å². The Morgan fingerprint density at radius 2 is 1.79 bits per heavy atom. The van der Waals surface area contributed by atoms with Crippen molar-refractivity contribution in [2.75, 3.05) is 26.2 Å². The largest absolute Gasteiger partial charge is 0.493 e. The molecule has 8 heteroatoms. The molecular weight excluding hydrogens is 424 g/mol. The lowest BCUT2D eigenvalue weighted by molar-refractivity contribution is -0.0393. The third-order valence-corrected chi connectivity index (χ3v) is 6.31. The maximum Gasteiger partial charge on any atom is 0.264 e. The number of alkyl halides is 2. The Bertz CT molecular complexity index is 1170. The van der Waals surface area contributed by atoms with E-state index in [-0.39, 0.29) is 13.0 Å². The number of piperidine rings is 1. The molecule has 1 aliphatic rings. The summed E-state index contributed by atoms with van der Waals surface area (Å²) in [6, 6.07) is 15.4. The number of likely N-dealkylation sites (tertiary alicyclic amines) is 1. The molecule has 4 aromatic rings. The van der Waals surface area contributed by atoms with Gasteiger partial charge in [-0.2, -0.15) is 0 Å². The standard InChI is InChI=1S/C25H27F2N5O/c26-25(27,16-31-10-8-19(9-11-31)15-33-22-4-2-1-3-5-22)13-20-14-28-24-7-6-21(12-23(20)24)32-17-29-30-18-32/h1-7,12,14,17-19,28H,8-11,13,15-16H2. The highest BCUT2D eigenvalue weighted by Gasteiger charge is 2.34. The second kappa shape index (κ2) is 9.31. The second-order valence-electron chi connectivity index (χ2n) is 8.79. The molecule has 0 aliphatic carbocycles. The minimum atomic E-state index is -2.81. The van der Waals surface area contributed by atoms with Crippen molar-refractivity contribution in [1.29, 1.82) is 0 Å². The van der Waals surface area contributed by atoms with Crippen LogP contribution in [0.3, 0.4) is 0 Å². The van der Waals surface area contributed by atoms with Crippen molar-refractivity contribution in [3.63, 3.8) is 0 Å². The Balaban J connectivity index is 1.17. The van der Waals surface area contributed by atoms with Gasteiger partial charge in [-0.1, -0.05) is 18.2 Å². The van der Waals surface area contributed by atoms with Gasteiger partial charge in [0.05, 0.1) is 13.2 Å². The van der Waals surface area contributed by atoms with Crippen molar-refractivity contribution in [3.05, 3.63) is 72.9 Å². The molecule has 1 N–H and O–H groups in total. The van der Waals surface area contributed by atoms with Gasteiger partial charge in [0.25, 0.3) is 5.92 Å². The quantitative estimate of drug-likeness (QED) is 0.421. The highest BCUT2D eigenvalue weighted by Crippen LogP contribution is 2.29. The lowest BCUT2D eigenvalue weighted by Crippen LogP contribution is -2.43. The molecule has 0 amide bonds. The van der Waals surface area contributed by atoms with E-state index in [1.54, 1.807) is 23.4 Å². The summed E-state index contributed by atoms with van der Waals surface area (Å²) in [5.74, 6) is -1.55. The van der Waals surface area contributed by atoms with E-state index in [1.165, 1.54) is 0 Å². The van der Waals surface area contributed by atoms with Gasteiger partial charge < -0.3 is 9.72 Å². The summed E-state index contributed by atoms with van der Waals surface area (Å²) < 4.78 is 37.7. The molecule has 0 bridgehead atoms. The molecular formula is C25H27F2N5O. The molecule has 6 nitrogen and oxygen atoms in total. The number of aromatic amines is 1. The van der Waals surface area contributed by atoms with Gasteiger partial charge in [-0.3, -0.25) is 9.47 Å². The number of para-hydroxylation sites is 1. The predicted octanol–water partition coefficient (Wildman–Crippen LogP) is 4.72. The van der Waals surface area contributed by atoms with Crippen LogP contribution in [0.5, 0.6) is 5.75 Å². The molecule has 33 heavy (non-hydrogen) atoms. The Kier molecular flexibility index (Phi) is 6.09.